The molecule has 3 rings (SSSR count). The Kier molecular flexibility index (Phi) is 5.02. The van der Waals surface area contributed by atoms with Crippen LogP contribution in [0.15, 0.2) is 83.3 Å². The lowest BCUT2D eigenvalue weighted by Gasteiger charge is -2.28. The number of carbonyl (C=O) groups is 1. The summed E-state index contributed by atoms with van der Waals surface area (Å²) in [5, 5.41) is 14.2. The van der Waals surface area contributed by atoms with Gasteiger partial charge in [0.1, 0.15) is 0 Å². The lowest BCUT2D eigenvalue weighted by Crippen LogP contribution is -2.41. The van der Waals surface area contributed by atoms with Crippen molar-refractivity contribution < 1.29 is 9.90 Å². The van der Waals surface area contributed by atoms with Gasteiger partial charge < -0.3 is 10.4 Å². The summed E-state index contributed by atoms with van der Waals surface area (Å²) >= 11 is 3.46. The molecule has 126 valence electrons. The maximum absolute atomic E-state index is 13.1. The van der Waals surface area contributed by atoms with Crippen molar-refractivity contribution in [1.82, 2.24) is 0 Å². The Labute approximate surface area is 155 Å². The van der Waals surface area contributed by atoms with Crippen molar-refractivity contribution in [3.8, 4) is 0 Å². The third-order valence-electron chi connectivity index (χ3n) is 4.08. The van der Waals surface area contributed by atoms with Crippen molar-refractivity contribution >= 4 is 27.5 Å². The van der Waals surface area contributed by atoms with Gasteiger partial charge in [0.25, 0.3) is 5.91 Å². The minimum atomic E-state index is -1.78. The standard InChI is InChI=1S/C21H18BrNO2/c1-15-12-13-19(18(22)14-15)23-20(24)21(25,16-8-4-2-5-9-16)17-10-6-3-7-11-17/h2-14,25H,1H3,(H,23,24). The largest absolute Gasteiger partial charge is 0.372 e. The molecule has 2 N–H and O–H groups in total. The number of aliphatic hydroxyl groups is 1. The Bertz CT molecular complexity index is 839. The average molecular weight is 396 g/mol. The number of benzene rings is 3. The predicted molar refractivity (Wildman–Crippen MR) is 103 cm³/mol. The predicted octanol–water partition coefficient (Wildman–Crippen LogP) is 4.63. The summed E-state index contributed by atoms with van der Waals surface area (Å²) in [7, 11) is 0. The molecule has 1 amide bonds. The fourth-order valence-corrected chi connectivity index (χ4v) is 3.31. The van der Waals surface area contributed by atoms with Gasteiger partial charge in [-0.3, -0.25) is 4.79 Å². The highest BCUT2D eigenvalue weighted by Gasteiger charge is 2.40. The van der Waals surface area contributed by atoms with Crippen molar-refractivity contribution in [3.63, 3.8) is 0 Å². The van der Waals surface area contributed by atoms with Gasteiger partial charge >= 0.3 is 0 Å². The Morgan fingerprint density at radius 3 is 1.92 bits per heavy atom. The number of amides is 1. The summed E-state index contributed by atoms with van der Waals surface area (Å²) < 4.78 is 0.768. The van der Waals surface area contributed by atoms with Gasteiger partial charge in [-0.1, -0.05) is 66.7 Å². The molecule has 3 aromatic carbocycles. The Balaban J connectivity index is 2.04. The van der Waals surface area contributed by atoms with Crippen LogP contribution in [-0.4, -0.2) is 11.0 Å². The van der Waals surface area contributed by atoms with Crippen LogP contribution in [0.25, 0.3) is 0 Å². The molecule has 0 aliphatic carbocycles. The van der Waals surface area contributed by atoms with Crippen LogP contribution in [-0.2, 0) is 10.4 Å². The second-order valence-corrected chi connectivity index (χ2v) is 6.73. The lowest BCUT2D eigenvalue weighted by molar-refractivity contribution is -0.131. The number of halogens is 1. The highest BCUT2D eigenvalue weighted by Crippen LogP contribution is 2.32. The third kappa shape index (κ3) is 3.50. The Morgan fingerprint density at radius 1 is 0.920 bits per heavy atom. The van der Waals surface area contributed by atoms with Crippen molar-refractivity contribution in [2.45, 2.75) is 12.5 Å². The number of rotatable bonds is 4. The molecule has 0 aliphatic heterocycles. The summed E-state index contributed by atoms with van der Waals surface area (Å²) in [4.78, 5) is 13.1. The number of carbonyl (C=O) groups excluding carboxylic acids is 1. The van der Waals surface area contributed by atoms with E-state index in [2.05, 4.69) is 21.2 Å². The SMILES string of the molecule is Cc1ccc(NC(=O)C(O)(c2ccccc2)c2ccccc2)c(Br)c1. The second-order valence-electron chi connectivity index (χ2n) is 5.88. The zero-order valence-corrected chi connectivity index (χ0v) is 15.3. The molecule has 0 atom stereocenters. The lowest BCUT2D eigenvalue weighted by atomic mass is 9.85. The maximum atomic E-state index is 13.1. The van der Waals surface area contributed by atoms with E-state index < -0.39 is 11.5 Å². The molecule has 0 bridgehead atoms. The minimum Gasteiger partial charge on any atom is -0.372 e. The molecule has 3 nitrogen and oxygen atoms in total. The van der Waals surface area contributed by atoms with Crippen LogP contribution in [0.4, 0.5) is 5.69 Å². The van der Waals surface area contributed by atoms with Gasteiger partial charge in [-0.25, -0.2) is 0 Å². The number of nitrogens with one attached hydrogen (secondary N) is 1. The van der Waals surface area contributed by atoms with Crippen LogP contribution in [0.2, 0.25) is 0 Å². The fraction of sp³-hybridized carbons (Fsp3) is 0.0952. The molecule has 0 saturated carbocycles. The monoisotopic (exact) mass is 395 g/mol. The molecule has 0 unspecified atom stereocenters. The third-order valence-corrected chi connectivity index (χ3v) is 4.74. The van der Waals surface area contributed by atoms with Crippen LogP contribution in [0, 0.1) is 6.92 Å². The second kappa shape index (κ2) is 7.21. The molecular weight excluding hydrogens is 378 g/mol. The van der Waals surface area contributed by atoms with Crippen LogP contribution < -0.4 is 5.32 Å². The molecule has 0 heterocycles. The van der Waals surface area contributed by atoms with Gasteiger partial charge in [0.2, 0.25) is 0 Å². The first-order valence-electron chi connectivity index (χ1n) is 7.93. The van der Waals surface area contributed by atoms with Crippen LogP contribution in [0.5, 0.6) is 0 Å². The average Bonchev–Trinajstić information content (AvgIpc) is 2.64. The molecule has 0 spiro atoms. The molecule has 0 aliphatic rings. The van der Waals surface area contributed by atoms with Gasteiger partial charge in [0.15, 0.2) is 5.60 Å². The highest BCUT2D eigenvalue weighted by molar-refractivity contribution is 9.10. The molecule has 4 heteroatoms. The van der Waals surface area contributed by atoms with E-state index in [-0.39, 0.29) is 0 Å². The minimum absolute atomic E-state index is 0.505. The van der Waals surface area contributed by atoms with Gasteiger partial charge in [-0.15, -0.1) is 0 Å². The van der Waals surface area contributed by atoms with Crippen LogP contribution >= 0.6 is 15.9 Å². The zero-order chi connectivity index (χ0) is 17.9. The fourth-order valence-electron chi connectivity index (χ4n) is 2.72. The van der Waals surface area contributed by atoms with E-state index in [4.69, 9.17) is 0 Å². The molecular formula is C21H18BrNO2. The first-order chi connectivity index (χ1) is 12.0. The molecule has 0 fully saturated rings. The van der Waals surface area contributed by atoms with E-state index in [9.17, 15) is 9.90 Å². The molecule has 25 heavy (non-hydrogen) atoms. The quantitative estimate of drug-likeness (QED) is 0.676. The summed E-state index contributed by atoms with van der Waals surface area (Å²) in [6.07, 6.45) is 0. The van der Waals surface area contributed by atoms with Gasteiger partial charge in [-0.05, 0) is 51.7 Å². The summed E-state index contributed by atoms with van der Waals surface area (Å²) in [5.41, 5.74) is 0.934. The van der Waals surface area contributed by atoms with Gasteiger partial charge in [0, 0.05) is 4.47 Å². The van der Waals surface area contributed by atoms with Gasteiger partial charge in [-0.2, -0.15) is 0 Å². The van der Waals surface area contributed by atoms with Crippen molar-refractivity contribution in [2.75, 3.05) is 5.32 Å². The number of hydrogen-bond acceptors (Lipinski definition) is 2. The summed E-state index contributed by atoms with van der Waals surface area (Å²) in [5.74, 6) is -0.505. The normalized spacial score (nSPS) is 11.2. The number of aryl methyl sites for hydroxylation is 1. The van der Waals surface area contributed by atoms with Crippen molar-refractivity contribution in [1.29, 1.82) is 0 Å². The van der Waals surface area contributed by atoms with Crippen molar-refractivity contribution in [3.05, 3.63) is 100 Å². The topological polar surface area (TPSA) is 49.3 Å². The maximum Gasteiger partial charge on any atom is 0.265 e. The summed E-state index contributed by atoms with van der Waals surface area (Å²) in [6, 6.07) is 23.5. The van der Waals surface area contributed by atoms with E-state index in [1.54, 1.807) is 48.5 Å². The Hall–Kier alpha value is -2.43. The van der Waals surface area contributed by atoms with E-state index >= 15 is 0 Å². The Morgan fingerprint density at radius 2 is 1.44 bits per heavy atom. The number of hydrogen-bond donors (Lipinski definition) is 2. The molecule has 3 aromatic rings. The summed E-state index contributed by atoms with van der Waals surface area (Å²) in [6.45, 7) is 1.97. The molecule has 0 saturated heterocycles. The van der Waals surface area contributed by atoms with E-state index in [1.807, 2.05) is 37.3 Å². The van der Waals surface area contributed by atoms with Crippen molar-refractivity contribution in [2.24, 2.45) is 0 Å². The first kappa shape index (κ1) is 17.4. The zero-order valence-electron chi connectivity index (χ0n) is 13.7. The molecule has 0 radical (unpaired) electrons. The van der Waals surface area contributed by atoms with E-state index in [0.29, 0.717) is 16.8 Å². The highest BCUT2D eigenvalue weighted by atomic mass is 79.9. The van der Waals surface area contributed by atoms with Crippen LogP contribution in [0.3, 0.4) is 0 Å². The smallest absolute Gasteiger partial charge is 0.265 e. The van der Waals surface area contributed by atoms with E-state index in [0.717, 1.165) is 10.0 Å². The molecule has 0 aromatic heterocycles. The number of anilines is 1. The van der Waals surface area contributed by atoms with E-state index in [1.165, 1.54) is 0 Å². The van der Waals surface area contributed by atoms with Gasteiger partial charge in [0.05, 0.1) is 5.69 Å². The first-order valence-corrected chi connectivity index (χ1v) is 8.72. The van der Waals surface area contributed by atoms with Crippen LogP contribution in [0.1, 0.15) is 16.7 Å².